The molecular weight excluding hydrogens is 320 g/mol. The number of unbranched alkanes of at least 4 members (excludes halogenated alkanes) is 2. The molecule has 0 fully saturated rings. The number of nitrogens with zero attached hydrogens (tertiary/aromatic N) is 2. The first kappa shape index (κ1) is 19.0. The second-order valence-electron chi connectivity index (χ2n) is 4.89. The molecule has 0 radical (unpaired) electrons. The number of aromatic hydroxyl groups is 1. The minimum atomic E-state index is -0.620. The van der Waals surface area contributed by atoms with Crippen molar-refractivity contribution in [2.45, 2.75) is 32.1 Å². The summed E-state index contributed by atoms with van der Waals surface area (Å²) in [7, 11) is 0. The average molecular weight is 338 g/mol. The standard InChI is InChI=1S/C14H18N4O6/c19-11-6-7-12(18(23)24)10(8-11)9-15-16-13(20)4-2-1-3-5-14(21)17-22/h6-9,19,22H,1-5H2,(H,16,20)(H,17,21)/b15-9+. The molecule has 0 aliphatic carbocycles. The van der Waals surface area contributed by atoms with E-state index in [1.807, 2.05) is 0 Å². The van der Waals surface area contributed by atoms with Gasteiger partial charge in [0.2, 0.25) is 11.8 Å². The largest absolute Gasteiger partial charge is 0.508 e. The zero-order valence-corrected chi connectivity index (χ0v) is 12.8. The van der Waals surface area contributed by atoms with Crippen LogP contribution in [0.2, 0.25) is 0 Å². The van der Waals surface area contributed by atoms with E-state index < -0.39 is 10.8 Å². The molecule has 2 amide bonds. The van der Waals surface area contributed by atoms with Crippen LogP contribution in [0.25, 0.3) is 0 Å². The molecule has 1 aromatic carbocycles. The molecule has 0 aliphatic rings. The van der Waals surface area contributed by atoms with Gasteiger partial charge in [-0.15, -0.1) is 0 Å². The quantitative estimate of drug-likeness (QED) is 0.174. The second kappa shape index (κ2) is 9.90. The van der Waals surface area contributed by atoms with E-state index in [-0.39, 0.29) is 35.7 Å². The number of hydrogen-bond donors (Lipinski definition) is 4. The minimum Gasteiger partial charge on any atom is -0.508 e. The number of phenolic OH excluding ortho intramolecular Hbond substituents is 1. The van der Waals surface area contributed by atoms with Gasteiger partial charge in [-0.1, -0.05) is 6.42 Å². The van der Waals surface area contributed by atoms with Crippen LogP contribution in [0.5, 0.6) is 5.75 Å². The van der Waals surface area contributed by atoms with Gasteiger partial charge < -0.3 is 5.11 Å². The monoisotopic (exact) mass is 338 g/mol. The maximum Gasteiger partial charge on any atom is 0.278 e. The van der Waals surface area contributed by atoms with E-state index in [0.717, 1.165) is 12.3 Å². The van der Waals surface area contributed by atoms with Crippen LogP contribution in [0.15, 0.2) is 23.3 Å². The van der Waals surface area contributed by atoms with Gasteiger partial charge in [0, 0.05) is 18.9 Å². The number of phenols is 1. The third-order valence-electron chi connectivity index (χ3n) is 3.03. The normalized spacial score (nSPS) is 10.5. The summed E-state index contributed by atoms with van der Waals surface area (Å²) < 4.78 is 0. The predicted molar refractivity (Wildman–Crippen MR) is 83.5 cm³/mol. The van der Waals surface area contributed by atoms with E-state index in [1.54, 1.807) is 0 Å². The highest BCUT2D eigenvalue weighted by Gasteiger charge is 2.12. The van der Waals surface area contributed by atoms with E-state index in [1.165, 1.54) is 17.6 Å². The Balaban J connectivity index is 2.39. The van der Waals surface area contributed by atoms with Crippen molar-refractivity contribution in [2.75, 3.05) is 0 Å². The molecule has 0 heterocycles. The summed E-state index contributed by atoms with van der Waals surface area (Å²) in [6.07, 6.45) is 3.15. The van der Waals surface area contributed by atoms with Crippen LogP contribution in [0, 0.1) is 10.1 Å². The van der Waals surface area contributed by atoms with Gasteiger partial charge in [-0.05, 0) is 25.0 Å². The first-order chi connectivity index (χ1) is 11.4. The molecule has 24 heavy (non-hydrogen) atoms. The van der Waals surface area contributed by atoms with Gasteiger partial charge in [-0.25, -0.2) is 10.9 Å². The van der Waals surface area contributed by atoms with Crippen LogP contribution in [-0.2, 0) is 9.59 Å². The molecule has 0 atom stereocenters. The van der Waals surface area contributed by atoms with Crippen molar-refractivity contribution in [3.63, 3.8) is 0 Å². The highest BCUT2D eigenvalue weighted by molar-refractivity contribution is 5.87. The van der Waals surface area contributed by atoms with Gasteiger partial charge in [-0.3, -0.25) is 24.9 Å². The Bertz CT molecular complexity index is 632. The summed E-state index contributed by atoms with van der Waals surface area (Å²) >= 11 is 0. The Kier molecular flexibility index (Phi) is 7.85. The minimum absolute atomic E-state index is 0.0651. The van der Waals surface area contributed by atoms with E-state index in [9.17, 15) is 24.8 Å². The predicted octanol–water partition coefficient (Wildman–Crippen LogP) is 1.21. The molecule has 0 spiro atoms. The Morgan fingerprint density at radius 2 is 1.88 bits per heavy atom. The molecule has 10 nitrogen and oxygen atoms in total. The molecule has 0 saturated carbocycles. The fraction of sp³-hybridized carbons (Fsp3) is 0.357. The first-order valence-electron chi connectivity index (χ1n) is 7.16. The maximum atomic E-state index is 11.5. The maximum absolute atomic E-state index is 11.5. The molecule has 0 bridgehead atoms. The molecule has 4 N–H and O–H groups in total. The van der Waals surface area contributed by atoms with Crippen LogP contribution in [0.3, 0.4) is 0 Å². The first-order valence-corrected chi connectivity index (χ1v) is 7.16. The zero-order chi connectivity index (χ0) is 17.9. The number of hydrazone groups is 1. The molecule has 0 unspecified atom stereocenters. The van der Waals surface area contributed by atoms with Gasteiger partial charge >= 0.3 is 0 Å². The lowest BCUT2D eigenvalue weighted by Gasteiger charge is -2.01. The number of nitro benzene ring substituents is 1. The Morgan fingerprint density at radius 3 is 2.50 bits per heavy atom. The van der Waals surface area contributed by atoms with Gasteiger partial charge in [0.1, 0.15) is 5.75 Å². The third kappa shape index (κ3) is 6.83. The number of rotatable bonds is 9. The summed E-state index contributed by atoms with van der Waals surface area (Å²) in [5.74, 6) is -1.00. The summed E-state index contributed by atoms with van der Waals surface area (Å²) in [6, 6.07) is 3.49. The molecule has 0 saturated heterocycles. The van der Waals surface area contributed by atoms with Crippen LogP contribution in [0.4, 0.5) is 5.69 Å². The topological polar surface area (TPSA) is 154 Å². The summed E-state index contributed by atoms with van der Waals surface area (Å²) in [5.41, 5.74) is 3.58. The fourth-order valence-corrected chi connectivity index (χ4v) is 1.85. The van der Waals surface area contributed by atoms with E-state index in [2.05, 4.69) is 10.5 Å². The molecule has 10 heteroatoms. The number of nitrogens with one attached hydrogen (secondary N) is 2. The third-order valence-corrected chi connectivity index (χ3v) is 3.03. The molecule has 0 aliphatic heterocycles. The summed E-state index contributed by atoms with van der Waals surface area (Å²) in [4.78, 5) is 32.5. The van der Waals surface area contributed by atoms with Crippen molar-refractivity contribution < 1.29 is 24.8 Å². The fourth-order valence-electron chi connectivity index (χ4n) is 1.85. The Morgan fingerprint density at radius 1 is 1.21 bits per heavy atom. The Labute approximate surface area is 137 Å². The SMILES string of the molecule is O=C(CCCCCC(=O)N/N=C/c1cc(O)ccc1[N+](=O)[O-])NO. The molecular formula is C14H18N4O6. The van der Waals surface area contributed by atoms with Crippen molar-refractivity contribution in [3.8, 4) is 5.75 Å². The number of hydrogen-bond acceptors (Lipinski definition) is 7. The van der Waals surface area contributed by atoms with E-state index in [4.69, 9.17) is 5.21 Å². The summed E-state index contributed by atoms with van der Waals surface area (Å²) in [5, 5.41) is 32.1. The Hall–Kier alpha value is -3.01. The number of benzene rings is 1. The lowest BCUT2D eigenvalue weighted by atomic mass is 10.1. The van der Waals surface area contributed by atoms with Gasteiger partial charge in [0.25, 0.3) is 5.69 Å². The lowest BCUT2D eigenvalue weighted by molar-refractivity contribution is -0.385. The zero-order valence-electron chi connectivity index (χ0n) is 12.8. The van der Waals surface area contributed by atoms with Crippen molar-refractivity contribution in [2.24, 2.45) is 5.10 Å². The van der Waals surface area contributed by atoms with Gasteiger partial charge in [-0.2, -0.15) is 5.10 Å². The second-order valence-corrected chi connectivity index (χ2v) is 4.89. The molecule has 130 valence electrons. The van der Waals surface area contributed by atoms with Crippen molar-refractivity contribution in [3.05, 3.63) is 33.9 Å². The number of amides is 2. The molecule has 0 aromatic heterocycles. The van der Waals surface area contributed by atoms with E-state index >= 15 is 0 Å². The highest BCUT2D eigenvalue weighted by atomic mass is 16.6. The van der Waals surface area contributed by atoms with E-state index in [0.29, 0.717) is 19.3 Å². The number of nitro groups is 1. The lowest BCUT2D eigenvalue weighted by Crippen LogP contribution is -2.18. The smallest absolute Gasteiger partial charge is 0.278 e. The highest BCUT2D eigenvalue weighted by Crippen LogP contribution is 2.21. The number of hydroxylamine groups is 1. The van der Waals surface area contributed by atoms with Crippen LogP contribution in [0.1, 0.15) is 37.7 Å². The van der Waals surface area contributed by atoms with Crippen LogP contribution in [-0.4, -0.2) is 33.3 Å². The average Bonchev–Trinajstić information content (AvgIpc) is 2.54. The van der Waals surface area contributed by atoms with Crippen molar-refractivity contribution in [1.82, 2.24) is 10.9 Å². The number of carbonyl (C=O) groups is 2. The summed E-state index contributed by atoms with van der Waals surface area (Å²) in [6.45, 7) is 0. The van der Waals surface area contributed by atoms with Crippen LogP contribution >= 0.6 is 0 Å². The number of carbonyl (C=O) groups excluding carboxylic acids is 2. The van der Waals surface area contributed by atoms with Crippen molar-refractivity contribution >= 4 is 23.7 Å². The van der Waals surface area contributed by atoms with Gasteiger partial charge in [0.05, 0.1) is 16.7 Å². The van der Waals surface area contributed by atoms with Crippen LogP contribution < -0.4 is 10.9 Å². The van der Waals surface area contributed by atoms with Crippen molar-refractivity contribution in [1.29, 1.82) is 0 Å². The molecule has 1 aromatic rings. The van der Waals surface area contributed by atoms with Gasteiger partial charge in [0.15, 0.2) is 0 Å². The molecule has 1 rings (SSSR count).